The van der Waals surface area contributed by atoms with Crippen LogP contribution >= 0.6 is 22.9 Å². The number of hydrogen-bond donors (Lipinski definition) is 1. The van der Waals surface area contributed by atoms with Gasteiger partial charge < -0.3 is 9.84 Å². The van der Waals surface area contributed by atoms with Gasteiger partial charge in [-0.2, -0.15) is 4.31 Å². The van der Waals surface area contributed by atoms with Crippen molar-refractivity contribution >= 4 is 44.6 Å². The van der Waals surface area contributed by atoms with Crippen molar-refractivity contribution in [2.24, 2.45) is 0 Å². The maximum Gasteiger partial charge on any atom is 0.286 e. The fraction of sp³-hybridized carbons (Fsp3) is 0.368. The van der Waals surface area contributed by atoms with Crippen molar-refractivity contribution in [2.75, 3.05) is 18.4 Å². The third-order valence-corrected chi connectivity index (χ3v) is 8.45. The predicted molar refractivity (Wildman–Crippen MR) is 116 cm³/mol. The van der Waals surface area contributed by atoms with Crippen LogP contribution in [-0.4, -0.2) is 47.1 Å². The molecule has 0 aliphatic carbocycles. The summed E-state index contributed by atoms with van der Waals surface area (Å²) in [4.78, 5) is 12.6. The molecule has 1 aromatic carbocycles. The Morgan fingerprint density at radius 2 is 2.13 bits per heavy atom. The number of halogens is 1. The minimum absolute atomic E-state index is 0.118. The van der Waals surface area contributed by atoms with Gasteiger partial charge in [-0.05, 0) is 44.9 Å². The molecule has 1 fully saturated rings. The molecule has 1 aliphatic heterocycles. The summed E-state index contributed by atoms with van der Waals surface area (Å²) in [7, 11) is -3.73. The van der Waals surface area contributed by atoms with Gasteiger partial charge in [-0.15, -0.1) is 10.2 Å². The molecule has 2 aromatic heterocycles. The number of nitrogens with zero attached hydrogens (tertiary/aromatic N) is 4. The quantitative estimate of drug-likeness (QED) is 0.591. The Morgan fingerprint density at radius 1 is 1.32 bits per heavy atom. The Bertz CT molecular complexity index is 1200. The molecule has 4 rings (SSSR count). The minimum Gasteiger partial charge on any atom is -0.360 e. The van der Waals surface area contributed by atoms with Crippen LogP contribution < -0.4 is 5.32 Å². The highest BCUT2D eigenvalue weighted by Gasteiger charge is 2.36. The summed E-state index contributed by atoms with van der Waals surface area (Å²) in [5.41, 5.74) is 0.902. The van der Waals surface area contributed by atoms with Crippen molar-refractivity contribution in [1.29, 1.82) is 0 Å². The lowest BCUT2D eigenvalue weighted by molar-refractivity contribution is 0.102. The highest BCUT2D eigenvalue weighted by molar-refractivity contribution is 7.89. The zero-order valence-corrected chi connectivity index (χ0v) is 19.2. The van der Waals surface area contributed by atoms with E-state index in [1.165, 1.54) is 15.6 Å². The molecule has 3 heterocycles. The van der Waals surface area contributed by atoms with Gasteiger partial charge in [0.25, 0.3) is 5.91 Å². The van der Waals surface area contributed by atoms with Crippen LogP contribution in [0.25, 0.3) is 0 Å². The van der Waals surface area contributed by atoms with E-state index in [-0.39, 0.29) is 34.0 Å². The Morgan fingerprint density at radius 3 is 2.84 bits per heavy atom. The van der Waals surface area contributed by atoms with Crippen molar-refractivity contribution < 1.29 is 17.7 Å². The van der Waals surface area contributed by atoms with Crippen molar-refractivity contribution in [2.45, 2.75) is 37.5 Å². The van der Waals surface area contributed by atoms with Crippen LogP contribution in [0.1, 0.15) is 45.0 Å². The average molecular weight is 482 g/mol. The van der Waals surface area contributed by atoms with E-state index in [4.69, 9.17) is 16.1 Å². The second-order valence-corrected chi connectivity index (χ2v) is 10.6. The van der Waals surface area contributed by atoms with Gasteiger partial charge in [0, 0.05) is 29.7 Å². The molecule has 3 aromatic rings. The Kier molecular flexibility index (Phi) is 6.11. The Hall–Kier alpha value is -2.34. The van der Waals surface area contributed by atoms with Gasteiger partial charge in [0.2, 0.25) is 15.0 Å². The lowest BCUT2D eigenvalue weighted by atomic mass is 10.0. The number of hydrogen-bond acceptors (Lipinski definition) is 8. The number of amides is 1. The standard InChI is InChI=1S/C19H20ClN5O4S2/c1-11-16(12(2)29-24-11)31(27,28)25-8-4-5-13(10-25)18-22-23-19(30-18)17(26)21-15-7-3-6-14(20)9-15/h3,6-7,9,13H,4-5,8,10H2,1-2H3,(H,21,26). The number of anilines is 1. The first-order valence-electron chi connectivity index (χ1n) is 9.59. The Balaban J connectivity index is 1.49. The van der Waals surface area contributed by atoms with Crippen molar-refractivity contribution in [3.05, 3.63) is 50.8 Å². The van der Waals surface area contributed by atoms with Crippen molar-refractivity contribution in [3.8, 4) is 0 Å². The van der Waals surface area contributed by atoms with Gasteiger partial charge in [-0.25, -0.2) is 8.42 Å². The van der Waals surface area contributed by atoms with E-state index in [1.807, 2.05) is 0 Å². The molecule has 0 spiro atoms. The molecule has 1 unspecified atom stereocenters. The van der Waals surface area contributed by atoms with E-state index >= 15 is 0 Å². The fourth-order valence-corrected chi connectivity index (χ4v) is 6.45. The van der Waals surface area contributed by atoms with E-state index in [0.29, 0.717) is 34.4 Å². The largest absolute Gasteiger partial charge is 0.360 e. The first kappa shape index (κ1) is 21.9. The van der Waals surface area contributed by atoms with E-state index < -0.39 is 10.0 Å². The summed E-state index contributed by atoms with van der Waals surface area (Å²) >= 11 is 7.11. The lowest BCUT2D eigenvalue weighted by Gasteiger charge is -2.30. The van der Waals surface area contributed by atoms with E-state index in [9.17, 15) is 13.2 Å². The van der Waals surface area contributed by atoms with Crippen LogP contribution in [0.15, 0.2) is 33.7 Å². The zero-order chi connectivity index (χ0) is 22.2. The number of aryl methyl sites for hydroxylation is 2. The fourth-order valence-electron chi connectivity index (χ4n) is 3.58. The number of carbonyl (C=O) groups excluding carboxylic acids is 1. The molecule has 1 N–H and O–H groups in total. The van der Waals surface area contributed by atoms with Gasteiger partial charge in [0.1, 0.15) is 15.6 Å². The molecule has 1 amide bonds. The van der Waals surface area contributed by atoms with Gasteiger partial charge >= 0.3 is 0 Å². The summed E-state index contributed by atoms with van der Waals surface area (Å²) in [5, 5.41) is 16.0. The molecule has 0 saturated carbocycles. The predicted octanol–water partition coefficient (Wildman–Crippen LogP) is 3.62. The second-order valence-electron chi connectivity index (χ2n) is 7.27. The summed E-state index contributed by atoms with van der Waals surface area (Å²) in [6.45, 7) is 3.87. The molecule has 9 nitrogen and oxygen atoms in total. The van der Waals surface area contributed by atoms with Gasteiger partial charge in [0.15, 0.2) is 5.76 Å². The topological polar surface area (TPSA) is 118 Å². The molecule has 0 bridgehead atoms. The van der Waals surface area contributed by atoms with Gasteiger partial charge in [-0.3, -0.25) is 4.79 Å². The number of nitrogens with one attached hydrogen (secondary N) is 1. The number of benzene rings is 1. The number of rotatable bonds is 5. The third kappa shape index (κ3) is 4.49. The number of carbonyl (C=O) groups is 1. The molecule has 1 atom stereocenters. The number of aromatic nitrogens is 3. The first-order valence-corrected chi connectivity index (χ1v) is 12.2. The summed E-state index contributed by atoms with van der Waals surface area (Å²) in [6.07, 6.45) is 1.44. The number of piperidine rings is 1. The Labute approximate surface area is 188 Å². The highest BCUT2D eigenvalue weighted by atomic mass is 35.5. The van der Waals surface area contributed by atoms with Crippen LogP contribution in [0.5, 0.6) is 0 Å². The third-order valence-electron chi connectivity index (χ3n) is 5.02. The summed E-state index contributed by atoms with van der Waals surface area (Å²) < 4.78 is 32.7. The van der Waals surface area contributed by atoms with E-state index in [1.54, 1.807) is 38.1 Å². The summed E-state index contributed by atoms with van der Waals surface area (Å²) in [6, 6.07) is 6.81. The average Bonchev–Trinajstić information content (AvgIpc) is 3.35. The molecule has 1 saturated heterocycles. The van der Waals surface area contributed by atoms with Gasteiger partial charge in [0.05, 0.1) is 0 Å². The minimum atomic E-state index is -3.73. The van der Waals surface area contributed by atoms with Crippen LogP contribution in [0.2, 0.25) is 5.02 Å². The van der Waals surface area contributed by atoms with Crippen LogP contribution in [0, 0.1) is 13.8 Å². The maximum atomic E-state index is 13.1. The van der Waals surface area contributed by atoms with Crippen molar-refractivity contribution in [3.63, 3.8) is 0 Å². The van der Waals surface area contributed by atoms with Gasteiger partial charge in [-0.1, -0.05) is 34.2 Å². The van der Waals surface area contributed by atoms with Crippen LogP contribution in [-0.2, 0) is 10.0 Å². The normalized spacial score (nSPS) is 17.6. The molecule has 0 radical (unpaired) electrons. The number of sulfonamides is 1. The molecule has 164 valence electrons. The summed E-state index contributed by atoms with van der Waals surface area (Å²) in [5.74, 6) is -0.258. The molecule has 12 heteroatoms. The SMILES string of the molecule is Cc1noc(C)c1S(=O)(=O)N1CCCC(c2nnc(C(=O)Nc3cccc(Cl)c3)s2)C1. The van der Waals surface area contributed by atoms with Crippen LogP contribution in [0.4, 0.5) is 5.69 Å². The second kappa shape index (κ2) is 8.65. The molecular formula is C19H20ClN5O4S2. The van der Waals surface area contributed by atoms with Crippen LogP contribution in [0.3, 0.4) is 0 Å². The molecular weight excluding hydrogens is 462 g/mol. The molecule has 31 heavy (non-hydrogen) atoms. The van der Waals surface area contributed by atoms with E-state index in [0.717, 1.165) is 6.42 Å². The monoisotopic (exact) mass is 481 g/mol. The highest BCUT2D eigenvalue weighted by Crippen LogP contribution is 2.33. The maximum absolute atomic E-state index is 13.1. The molecule has 1 aliphatic rings. The smallest absolute Gasteiger partial charge is 0.286 e. The van der Waals surface area contributed by atoms with E-state index in [2.05, 4.69) is 20.7 Å². The first-order chi connectivity index (χ1) is 14.8. The lowest BCUT2D eigenvalue weighted by Crippen LogP contribution is -2.39. The zero-order valence-electron chi connectivity index (χ0n) is 16.8. The van der Waals surface area contributed by atoms with Crippen molar-refractivity contribution in [1.82, 2.24) is 19.7 Å².